The Bertz CT molecular complexity index is 1190. The lowest BCUT2D eigenvalue weighted by molar-refractivity contribution is 0.0996. The fraction of sp³-hybridized carbons (Fsp3) is 0.333. The Hall–Kier alpha value is -3.52. The summed E-state index contributed by atoms with van der Waals surface area (Å²) in [6.07, 6.45) is 4.14. The van der Waals surface area contributed by atoms with Gasteiger partial charge < -0.3 is 11.1 Å². The maximum absolute atomic E-state index is 13.5. The van der Waals surface area contributed by atoms with Gasteiger partial charge in [-0.3, -0.25) is 24.0 Å². The van der Waals surface area contributed by atoms with Crippen LogP contribution in [0, 0.1) is 5.92 Å². The monoisotopic (exact) mass is 432 g/mol. The molecule has 8 heteroatoms. The molecule has 3 aromatic rings. The lowest BCUT2D eigenvalue weighted by atomic mass is 10.0. The largest absolute Gasteiger partial charge is 0.354 e. The normalized spacial score (nSPS) is 14.0. The molecule has 0 bridgehead atoms. The van der Waals surface area contributed by atoms with Crippen LogP contribution in [0.25, 0.3) is 11.3 Å². The molecule has 3 N–H and O–H groups in total. The van der Waals surface area contributed by atoms with Crippen LogP contribution in [0.3, 0.4) is 0 Å². The van der Waals surface area contributed by atoms with Gasteiger partial charge in [-0.05, 0) is 36.1 Å². The highest BCUT2D eigenvalue weighted by molar-refractivity contribution is 6.11. The number of pyridine rings is 1. The Morgan fingerprint density at radius 1 is 1.12 bits per heavy atom. The Labute approximate surface area is 187 Å². The molecule has 166 valence electrons. The molecule has 1 amide bonds. The number of rotatable bonds is 7. The predicted molar refractivity (Wildman–Crippen MR) is 126 cm³/mol. The van der Waals surface area contributed by atoms with Crippen molar-refractivity contribution in [3.8, 4) is 11.3 Å². The number of nitrogens with zero attached hydrogens (tertiary/aromatic N) is 4. The molecule has 0 saturated carbocycles. The van der Waals surface area contributed by atoms with Crippen molar-refractivity contribution in [2.75, 3.05) is 16.8 Å². The lowest BCUT2D eigenvalue weighted by Gasteiger charge is -2.22. The Morgan fingerprint density at radius 3 is 2.53 bits per heavy atom. The number of nitrogens with one attached hydrogen (secondary N) is 1. The van der Waals surface area contributed by atoms with Gasteiger partial charge in [0.15, 0.2) is 0 Å². The number of hydrogen-bond acceptors (Lipinski definition) is 6. The highest BCUT2D eigenvalue weighted by Gasteiger charge is 2.33. The Morgan fingerprint density at radius 2 is 1.84 bits per heavy atom. The first kappa shape index (κ1) is 21.7. The van der Waals surface area contributed by atoms with Crippen LogP contribution in [0.4, 0.5) is 11.6 Å². The molecule has 3 heterocycles. The maximum Gasteiger partial charge on any atom is 0.279 e. The van der Waals surface area contributed by atoms with Gasteiger partial charge in [0.05, 0.1) is 6.54 Å². The van der Waals surface area contributed by atoms with E-state index in [1.807, 2.05) is 18.2 Å². The summed E-state index contributed by atoms with van der Waals surface area (Å²) in [4.78, 5) is 37.0. The molecule has 0 spiro atoms. The van der Waals surface area contributed by atoms with Gasteiger partial charge in [0.25, 0.3) is 11.5 Å². The summed E-state index contributed by atoms with van der Waals surface area (Å²) in [7, 11) is 1.65. The SMILES string of the molecule is CC(C)CC(N)CNc1nc(-c2ccncc2)c(N2Cc3ccccc3C2=O)c(=O)n1C. The number of amides is 1. The van der Waals surface area contributed by atoms with E-state index in [0.29, 0.717) is 41.8 Å². The summed E-state index contributed by atoms with van der Waals surface area (Å²) in [6, 6.07) is 10.9. The third-order valence-corrected chi connectivity index (χ3v) is 5.61. The third-order valence-electron chi connectivity index (χ3n) is 5.61. The van der Waals surface area contributed by atoms with E-state index >= 15 is 0 Å². The summed E-state index contributed by atoms with van der Waals surface area (Å²) in [6.45, 7) is 5.06. The van der Waals surface area contributed by atoms with Gasteiger partial charge in [-0.1, -0.05) is 32.0 Å². The van der Waals surface area contributed by atoms with Crippen molar-refractivity contribution in [2.45, 2.75) is 32.9 Å². The summed E-state index contributed by atoms with van der Waals surface area (Å²) in [5.41, 5.74) is 8.83. The van der Waals surface area contributed by atoms with Crippen molar-refractivity contribution in [3.05, 3.63) is 70.3 Å². The number of aromatic nitrogens is 3. The smallest absolute Gasteiger partial charge is 0.279 e. The number of carbonyl (C=O) groups excluding carboxylic acids is 1. The third kappa shape index (κ3) is 4.13. The molecule has 1 aliphatic heterocycles. The first-order chi connectivity index (χ1) is 15.4. The summed E-state index contributed by atoms with van der Waals surface area (Å²) in [5, 5.41) is 3.22. The standard InChI is InChI=1S/C24H28N6O2/c1-15(2)12-18(25)13-27-24-28-20(16-8-10-26-11-9-16)21(23(32)29(24)3)30-14-17-6-4-5-7-19(17)22(30)31/h4-11,15,18H,12-14,25H2,1-3H3,(H,27,28). The number of nitrogens with two attached hydrogens (primary N) is 1. The minimum absolute atomic E-state index is 0.0642. The second-order valence-corrected chi connectivity index (χ2v) is 8.55. The summed E-state index contributed by atoms with van der Waals surface area (Å²) < 4.78 is 1.44. The van der Waals surface area contributed by atoms with Crippen LogP contribution in [0.1, 0.15) is 36.2 Å². The van der Waals surface area contributed by atoms with E-state index in [9.17, 15) is 9.59 Å². The minimum Gasteiger partial charge on any atom is -0.354 e. The van der Waals surface area contributed by atoms with Crippen LogP contribution in [-0.2, 0) is 13.6 Å². The Balaban J connectivity index is 1.78. The van der Waals surface area contributed by atoms with E-state index in [-0.39, 0.29) is 23.2 Å². The number of hydrogen-bond donors (Lipinski definition) is 2. The average Bonchev–Trinajstić information content (AvgIpc) is 3.11. The van der Waals surface area contributed by atoms with Crippen molar-refractivity contribution >= 4 is 17.5 Å². The van der Waals surface area contributed by atoms with Gasteiger partial charge in [0, 0.05) is 43.2 Å². The molecule has 1 aliphatic rings. The van der Waals surface area contributed by atoms with E-state index in [0.717, 1.165) is 12.0 Å². The minimum atomic E-state index is -0.298. The topological polar surface area (TPSA) is 106 Å². The molecule has 0 aliphatic carbocycles. The highest BCUT2D eigenvalue weighted by atomic mass is 16.2. The molecule has 32 heavy (non-hydrogen) atoms. The van der Waals surface area contributed by atoms with Gasteiger partial charge >= 0.3 is 0 Å². The van der Waals surface area contributed by atoms with Crippen molar-refractivity contribution in [1.82, 2.24) is 14.5 Å². The molecule has 4 rings (SSSR count). The van der Waals surface area contributed by atoms with E-state index in [1.165, 1.54) is 9.47 Å². The first-order valence-corrected chi connectivity index (χ1v) is 10.8. The van der Waals surface area contributed by atoms with E-state index in [2.05, 4.69) is 24.1 Å². The quantitative estimate of drug-likeness (QED) is 0.595. The second kappa shape index (κ2) is 8.92. The maximum atomic E-state index is 13.5. The van der Waals surface area contributed by atoms with Crippen LogP contribution in [-0.4, -0.2) is 33.0 Å². The molecule has 0 fully saturated rings. The lowest BCUT2D eigenvalue weighted by Crippen LogP contribution is -2.36. The zero-order chi connectivity index (χ0) is 22.8. The van der Waals surface area contributed by atoms with Crippen LogP contribution >= 0.6 is 0 Å². The van der Waals surface area contributed by atoms with Gasteiger partial charge in [-0.25, -0.2) is 4.98 Å². The van der Waals surface area contributed by atoms with Gasteiger partial charge in [0.1, 0.15) is 11.4 Å². The zero-order valence-corrected chi connectivity index (χ0v) is 18.6. The molecule has 1 aromatic carbocycles. The molecule has 2 aromatic heterocycles. The highest BCUT2D eigenvalue weighted by Crippen LogP contribution is 2.33. The molecular weight excluding hydrogens is 404 g/mol. The fourth-order valence-electron chi connectivity index (χ4n) is 4.05. The molecule has 8 nitrogen and oxygen atoms in total. The van der Waals surface area contributed by atoms with Gasteiger partial charge in [-0.15, -0.1) is 0 Å². The average molecular weight is 433 g/mol. The van der Waals surface area contributed by atoms with E-state index in [1.54, 1.807) is 37.6 Å². The molecule has 1 atom stereocenters. The molecule has 1 unspecified atom stereocenters. The predicted octanol–water partition coefficient (Wildman–Crippen LogP) is 2.79. The van der Waals surface area contributed by atoms with Gasteiger partial charge in [0.2, 0.25) is 5.95 Å². The van der Waals surface area contributed by atoms with Crippen LogP contribution in [0.2, 0.25) is 0 Å². The van der Waals surface area contributed by atoms with E-state index in [4.69, 9.17) is 10.7 Å². The summed E-state index contributed by atoms with van der Waals surface area (Å²) in [5.74, 6) is 0.685. The van der Waals surface area contributed by atoms with Crippen LogP contribution in [0.5, 0.6) is 0 Å². The van der Waals surface area contributed by atoms with Gasteiger partial charge in [-0.2, -0.15) is 0 Å². The number of anilines is 2. The molecule has 0 saturated heterocycles. The first-order valence-electron chi connectivity index (χ1n) is 10.8. The zero-order valence-electron chi connectivity index (χ0n) is 18.6. The molecule has 0 radical (unpaired) electrons. The van der Waals surface area contributed by atoms with Crippen LogP contribution < -0.4 is 21.5 Å². The fourth-order valence-corrected chi connectivity index (χ4v) is 4.05. The second-order valence-electron chi connectivity index (χ2n) is 8.55. The number of carbonyl (C=O) groups is 1. The Kier molecular flexibility index (Phi) is 6.05. The van der Waals surface area contributed by atoms with Crippen molar-refractivity contribution in [3.63, 3.8) is 0 Å². The van der Waals surface area contributed by atoms with Crippen molar-refractivity contribution < 1.29 is 4.79 Å². The van der Waals surface area contributed by atoms with Crippen molar-refractivity contribution in [1.29, 1.82) is 0 Å². The van der Waals surface area contributed by atoms with E-state index < -0.39 is 0 Å². The number of fused-ring (bicyclic) bond motifs is 1. The van der Waals surface area contributed by atoms with Crippen LogP contribution in [0.15, 0.2) is 53.6 Å². The molecular formula is C24H28N6O2. The number of benzene rings is 1. The summed E-state index contributed by atoms with van der Waals surface area (Å²) >= 11 is 0. The van der Waals surface area contributed by atoms with Crippen molar-refractivity contribution in [2.24, 2.45) is 18.7 Å².